The van der Waals surface area contributed by atoms with Crippen molar-refractivity contribution < 1.29 is 9.47 Å². The molecule has 4 rings (SSSR count). The Hall–Kier alpha value is -3.20. The number of terminal acetylenes is 1. The molecule has 0 saturated carbocycles. The maximum atomic E-state index is 9.76. The summed E-state index contributed by atoms with van der Waals surface area (Å²) in [6, 6.07) is 11.7. The number of H-pyrrole nitrogens is 1. The summed E-state index contributed by atoms with van der Waals surface area (Å²) in [6.45, 7) is 0.167. The van der Waals surface area contributed by atoms with E-state index in [-0.39, 0.29) is 12.5 Å². The van der Waals surface area contributed by atoms with Crippen LogP contribution in [0.1, 0.15) is 17.0 Å². The van der Waals surface area contributed by atoms with E-state index in [0.29, 0.717) is 17.2 Å². The minimum atomic E-state index is -0.428. The van der Waals surface area contributed by atoms with Crippen LogP contribution in [0.3, 0.4) is 0 Å². The Kier molecular flexibility index (Phi) is 4.82. The van der Waals surface area contributed by atoms with Crippen LogP contribution in [0.5, 0.6) is 11.6 Å². The molecule has 6 nitrogen and oxygen atoms in total. The number of ether oxygens (including phenoxy) is 2. The van der Waals surface area contributed by atoms with E-state index in [1.165, 1.54) is 0 Å². The van der Waals surface area contributed by atoms with E-state index >= 15 is 0 Å². The molecule has 3 aromatic rings. The van der Waals surface area contributed by atoms with Crippen LogP contribution in [-0.4, -0.2) is 16.8 Å². The van der Waals surface area contributed by atoms with Crippen LogP contribution in [-0.2, 0) is 0 Å². The highest BCUT2D eigenvalue weighted by atomic mass is 79.9. The normalized spacial score (nSPS) is 15.3. The molecule has 8 heteroatoms. The molecule has 0 aliphatic carbocycles. The van der Waals surface area contributed by atoms with Gasteiger partial charge in [-0.05, 0) is 45.1 Å². The van der Waals surface area contributed by atoms with Crippen molar-refractivity contribution in [1.82, 2.24) is 10.2 Å². The largest absolute Gasteiger partial charge is 0.480 e. The van der Waals surface area contributed by atoms with Gasteiger partial charge in [0.2, 0.25) is 11.8 Å². The molecule has 2 aromatic heterocycles. The smallest absolute Gasteiger partial charge is 0.244 e. The first-order valence-electron chi connectivity index (χ1n) is 8.19. The summed E-state index contributed by atoms with van der Waals surface area (Å²) in [5, 5.41) is 19.0. The third kappa shape index (κ3) is 3.03. The van der Waals surface area contributed by atoms with Crippen molar-refractivity contribution in [2.24, 2.45) is 5.73 Å². The van der Waals surface area contributed by atoms with Crippen LogP contribution < -0.4 is 15.2 Å². The van der Waals surface area contributed by atoms with E-state index in [1.54, 1.807) is 11.3 Å². The molecule has 138 valence electrons. The highest BCUT2D eigenvalue weighted by Crippen LogP contribution is 2.47. The number of nitrogens with two attached hydrogens (primary N) is 1. The predicted octanol–water partition coefficient (Wildman–Crippen LogP) is 4.13. The first-order valence-corrected chi connectivity index (χ1v) is 9.86. The molecule has 3 heterocycles. The quantitative estimate of drug-likeness (QED) is 0.579. The van der Waals surface area contributed by atoms with Crippen LogP contribution in [0.15, 0.2) is 51.6 Å². The molecule has 0 radical (unpaired) electrons. The van der Waals surface area contributed by atoms with Gasteiger partial charge in [0.15, 0.2) is 0 Å². The van der Waals surface area contributed by atoms with Crippen LogP contribution in [0.2, 0.25) is 0 Å². The van der Waals surface area contributed by atoms with Crippen LogP contribution in [0, 0.1) is 23.7 Å². The summed E-state index contributed by atoms with van der Waals surface area (Å²) < 4.78 is 11.9. The maximum Gasteiger partial charge on any atom is 0.244 e. The number of halogens is 1. The molecule has 0 amide bonds. The zero-order valence-corrected chi connectivity index (χ0v) is 16.8. The molecule has 1 aliphatic rings. The fraction of sp³-hybridized carbons (Fsp3) is 0.100. The van der Waals surface area contributed by atoms with Gasteiger partial charge >= 0.3 is 0 Å². The second-order valence-corrected chi connectivity index (χ2v) is 7.70. The zero-order valence-electron chi connectivity index (χ0n) is 14.4. The Morgan fingerprint density at radius 2 is 2.29 bits per heavy atom. The molecule has 1 unspecified atom stereocenters. The SMILES string of the molecule is C#CCOc1ccc(C2C(C#N)=C(N)Oc3n[nH]c(-c4cccs4)c32)cc1Br. The van der Waals surface area contributed by atoms with Gasteiger partial charge in [-0.25, -0.2) is 0 Å². The average Bonchev–Trinajstić information content (AvgIpc) is 3.35. The number of nitriles is 1. The number of hydrogen-bond donors (Lipinski definition) is 2. The van der Waals surface area contributed by atoms with E-state index in [0.717, 1.165) is 26.2 Å². The summed E-state index contributed by atoms with van der Waals surface area (Å²) in [5.74, 6) is 3.05. The standard InChI is InChI=1S/C20H13BrN4O2S/c1-2-7-26-14-6-5-11(9-13(14)21)16-12(10-22)19(23)27-20-17(16)18(24-25-20)15-4-3-8-28-15/h1,3-6,8-9,16H,7,23H2,(H,24,25). The van der Waals surface area contributed by atoms with E-state index in [2.05, 4.69) is 38.1 Å². The van der Waals surface area contributed by atoms with Crippen LogP contribution in [0.25, 0.3) is 10.6 Å². The molecule has 0 spiro atoms. The molecular formula is C20H13BrN4O2S. The van der Waals surface area contributed by atoms with Gasteiger partial charge in [-0.15, -0.1) is 22.9 Å². The lowest BCUT2D eigenvalue weighted by Gasteiger charge is -2.24. The Balaban J connectivity index is 1.87. The molecular weight excluding hydrogens is 440 g/mol. The lowest BCUT2D eigenvalue weighted by atomic mass is 9.84. The lowest BCUT2D eigenvalue weighted by Crippen LogP contribution is -2.21. The van der Waals surface area contributed by atoms with Crippen molar-refractivity contribution in [3.05, 3.63) is 62.8 Å². The van der Waals surface area contributed by atoms with Gasteiger partial charge in [0.1, 0.15) is 24.0 Å². The summed E-state index contributed by atoms with van der Waals surface area (Å²) in [7, 11) is 0. The van der Waals surface area contributed by atoms with Gasteiger partial charge in [-0.2, -0.15) is 5.26 Å². The first-order chi connectivity index (χ1) is 13.6. The Bertz CT molecular complexity index is 1150. The highest BCUT2D eigenvalue weighted by molar-refractivity contribution is 9.10. The van der Waals surface area contributed by atoms with Crippen LogP contribution in [0.4, 0.5) is 0 Å². The molecule has 28 heavy (non-hydrogen) atoms. The fourth-order valence-corrected chi connectivity index (χ4v) is 4.37. The number of nitrogens with zero attached hydrogens (tertiary/aromatic N) is 2. The summed E-state index contributed by atoms with van der Waals surface area (Å²) >= 11 is 5.08. The Morgan fingerprint density at radius 3 is 2.96 bits per heavy atom. The van der Waals surface area contributed by atoms with Crippen LogP contribution >= 0.6 is 27.3 Å². The molecule has 0 fully saturated rings. The third-order valence-corrected chi connectivity index (χ3v) is 5.81. The molecule has 1 atom stereocenters. The second kappa shape index (κ2) is 7.43. The number of allylic oxidation sites excluding steroid dienone is 1. The van der Waals surface area contributed by atoms with Gasteiger partial charge in [0, 0.05) is 0 Å². The lowest BCUT2D eigenvalue weighted by molar-refractivity contribution is 0.367. The zero-order chi connectivity index (χ0) is 19.7. The van der Waals surface area contributed by atoms with Gasteiger partial charge in [-0.1, -0.05) is 18.1 Å². The van der Waals surface area contributed by atoms with E-state index in [4.69, 9.17) is 21.6 Å². The van der Waals surface area contributed by atoms with Gasteiger partial charge in [0.25, 0.3) is 0 Å². The van der Waals surface area contributed by atoms with Crippen molar-refractivity contribution >= 4 is 27.3 Å². The number of thiophene rings is 1. The summed E-state index contributed by atoms with van der Waals surface area (Å²) in [6.07, 6.45) is 5.26. The van der Waals surface area contributed by atoms with E-state index in [9.17, 15) is 5.26 Å². The monoisotopic (exact) mass is 452 g/mol. The number of benzene rings is 1. The topological polar surface area (TPSA) is 96.9 Å². The molecule has 3 N–H and O–H groups in total. The first kappa shape index (κ1) is 18.2. The summed E-state index contributed by atoms with van der Waals surface area (Å²) in [4.78, 5) is 0.994. The number of nitrogens with one attached hydrogen (secondary N) is 1. The maximum absolute atomic E-state index is 9.76. The third-order valence-electron chi connectivity index (χ3n) is 4.31. The second-order valence-electron chi connectivity index (χ2n) is 5.90. The average molecular weight is 453 g/mol. The molecule has 0 bridgehead atoms. The van der Waals surface area contributed by atoms with Crippen molar-refractivity contribution in [3.8, 4) is 40.6 Å². The highest BCUT2D eigenvalue weighted by Gasteiger charge is 2.36. The minimum Gasteiger partial charge on any atom is -0.480 e. The predicted molar refractivity (Wildman–Crippen MR) is 110 cm³/mol. The number of aromatic amines is 1. The molecule has 1 aliphatic heterocycles. The fourth-order valence-electron chi connectivity index (χ4n) is 3.12. The van der Waals surface area contributed by atoms with E-state index in [1.807, 2.05) is 35.7 Å². The van der Waals surface area contributed by atoms with E-state index < -0.39 is 5.92 Å². The molecule has 0 saturated heterocycles. The summed E-state index contributed by atoms with van der Waals surface area (Å²) in [5.41, 5.74) is 8.78. The van der Waals surface area contributed by atoms with Crippen molar-refractivity contribution in [1.29, 1.82) is 5.26 Å². The number of rotatable bonds is 4. The van der Waals surface area contributed by atoms with Crippen molar-refractivity contribution in [3.63, 3.8) is 0 Å². The van der Waals surface area contributed by atoms with Crippen molar-refractivity contribution in [2.45, 2.75) is 5.92 Å². The van der Waals surface area contributed by atoms with Gasteiger partial charge in [0.05, 0.1) is 26.5 Å². The Labute approximate surface area is 173 Å². The number of aromatic nitrogens is 2. The minimum absolute atomic E-state index is 0.0491. The number of fused-ring (bicyclic) bond motifs is 1. The van der Waals surface area contributed by atoms with Gasteiger partial charge < -0.3 is 15.2 Å². The Morgan fingerprint density at radius 1 is 1.43 bits per heavy atom. The number of hydrogen-bond acceptors (Lipinski definition) is 6. The van der Waals surface area contributed by atoms with Crippen molar-refractivity contribution in [2.75, 3.05) is 6.61 Å². The molecule has 1 aromatic carbocycles. The van der Waals surface area contributed by atoms with Gasteiger partial charge in [-0.3, -0.25) is 5.10 Å².